The summed E-state index contributed by atoms with van der Waals surface area (Å²) in [6.07, 6.45) is 8.31. The largest absolute Gasteiger partial charge is 0.364 e. The summed E-state index contributed by atoms with van der Waals surface area (Å²) < 4.78 is 0. The normalized spacial score (nSPS) is 23.1. The summed E-state index contributed by atoms with van der Waals surface area (Å²) in [5.41, 5.74) is 0.619. The number of hydrogen-bond donors (Lipinski definition) is 1. The van der Waals surface area contributed by atoms with Crippen molar-refractivity contribution in [2.24, 2.45) is 10.9 Å². The maximum atomic E-state index is 11.8. The van der Waals surface area contributed by atoms with E-state index in [4.69, 9.17) is 0 Å². The molecule has 0 aromatic heterocycles. The molecule has 1 aliphatic carbocycles. The number of nitrogens with zero attached hydrogens (tertiary/aromatic N) is 2. The van der Waals surface area contributed by atoms with Gasteiger partial charge in [-0.25, -0.2) is 0 Å². The number of hydrogen-bond acceptors (Lipinski definition) is 4. The smallest absolute Gasteiger partial charge is 0.225 e. The van der Waals surface area contributed by atoms with E-state index >= 15 is 0 Å². The monoisotopic (exact) mass is 259 g/mol. The van der Waals surface area contributed by atoms with Gasteiger partial charge in [0.25, 0.3) is 0 Å². The van der Waals surface area contributed by atoms with Gasteiger partial charge in [0.2, 0.25) is 5.91 Å². The van der Waals surface area contributed by atoms with Gasteiger partial charge < -0.3 is 10.2 Å². The van der Waals surface area contributed by atoms with Gasteiger partial charge in [-0.1, -0.05) is 12.2 Å². The van der Waals surface area contributed by atoms with E-state index in [1.54, 1.807) is 12.2 Å². The molecular formula is C14H17N3O2. The molecular weight excluding hydrogens is 242 g/mol. The molecule has 1 N–H and O–H groups in total. The molecule has 0 spiro atoms. The number of carbonyl (C=O) groups is 2. The highest BCUT2D eigenvalue weighted by Crippen LogP contribution is 2.32. The van der Waals surface area contributed by atoms with Crippen molar-refractivity contribution >= 4 is 18.0 Å². The summed E-state index contributed by atoms with van der Waals surface area (Å²) in [6, 6.07) is 0.253. The fourth-order valence-corrected chi connectivity index (χ4v) is 2.30. The van der Waals surface area contributed by atoms with Gasteiger partial charge in [0.15, 0.2) is 0 Å². The van der Waals surface area contributed by atoms with Gasteiger partial charge in [0.05, 0.1) is 12.6 Å². The molecule has 0 atom stereocenters. The maximum Gasteiger partial charge on any atom is 0.225 e. The van der Waals surface area contributed by atoms with Crippen molar-refractivity contribution < 1.29 is 9.59 Å². The fraction of sp³-hybridized carbons (Fsp3) is 0.500. The fourth-order valence-electron chi connectivity index (χ4n) is 2.30. The Bertz CT molecular complexity index is 483. The zero-order chi connectivity index (χ0) is 13.2. The van der Waals surface area contributed by atoms with Crippen molar-refractivity contribution in [1.29, 1.82) is 0 Å². The van der Waals surface area contributed by atoms with Crippen molar-refractivity contribution in [3.8, 4) is 0 Å². The quantitative estimate of drug-likeness (QED) is 0.741. The molecule has 1 amide bonds. The lowest BCUT2D eigenvalue weighted by Crippen LogP contribution is -2.61. The molecule has 3 rings (SSSR count). The zero-order valence-electron chi connectivity index (χ0n) is 10.7. The highest BCUT2D eigenvalue weighted by Gasteiger charge is 2.39. The molecule has 1 saturated heterocycles. The highest BCUT2D eigenvalue weighted by molar-refractivity contribution is 5.99. The van der Waals surface area contributed by atoms with Crippen LogP contribution in [-0.2, 0) is 9.59 Å². The highest BCUT2D eigenvalue weighted by atomic mass is 16.2. The molecule has 0 radical (unpaired) electrons. The third-order valence-corrected chi connectivity index (χ3v) is 3.59. The summed E-state index contributed by atoms with van der Waals surface area (Å²) in [7, 11) is 0. The van der Waals surface area contributed by atoms with E-state index in [9.17, 15) is 9.59 Å². The second kappa shape index (κ2) is 4.99. The molecule has 5 heteroatoms. The Kier molecular flexibility index (Phi) is 3.19. The Morgan fingerprint density at radius 3 is 2.89 bits per heavy atom. The van der Waals surface area contributed by atoms with Crippen molar-refractivity contribution in [3.05, 3.63) is 23.8 Å². The van der Waals surface area contributed by atoms with Gasteiger partial charge in [0.1, 0.15) is 12.1 Å². The van der Waals surface area contributed by atoms with Crippen LogP contribution in [0.25, 0.3) is 0 Å². The average Bonchev–Trinajstić information content (AvgIpc) is 3.19. The number of rotatable bonds is 3. The van der Waals surface area contributed by atoms with Crippen LogP contribution in [0.5, 0.6) is 0 Å². The van der Waals surface area contributed by atoms with Crippen molar-refractivity contribution in [3.63, 3.8) is 0 Å². The van der Waals surface area contributed by atoms with Crippen LogP contribution in [0.3, 0.4) is 0 Å². The standard InChI is InChI=1S/C14H17N3O2/c18-9-10-2-1-5-15-13(6-10)16-12-7-17(8-12)14(19)11-3-4-11/h1-2,6,9,11-12H,3-5,7-8H2,(H,15,16). The number of aliphatic imine (C=N–C) groups is 1. The van der Waals surface area contributed by atoms with Crippen molar-refractivity contribution in [1.82, 2.24) is 10.2 Å². The Labute approximate surface area is 112 Å². The van der Waals surface area contributed by atoms with Gasteiger partial charge in [0, 0.05) is 24.6 Å². The number of allylic oxidation sites excluding steroid dienone is 2. The predicted octanol–water partition coefficient (Wildman–Crippen LogP) is 0.290. The SMILES string of the molecule is O=CC1=CC(NC2CN(C(=O)C3CC3)C2)=NCC=C1. The second-order valence-corrected chi connectivity index (χ2v) is 5.25. The van der Waals surface area contributed by atoms with E-state index in [2.05, 4.69) is 10.3 Å². The van der Waals surface area contributed by atoms with Crippen LogP contribution < -0.4 is 5.32 Å². The molecule has 5 nitrogen and oxygen atoms in total. The lowest BCUT2D eigenvalue weighted by atomic mass is 10.1. The van der Waals surface area contributed by atoms with Gasteiger partial charge in [-0.3, -0.25) is 14.6 Å². The van der Waals surface area contributed by atoms with Crippen LogP contribution in [0.2, 0.25) is 0 Å². The first-order chi connectivity index (χ1) is 9.26. The number of amidine groups is 1. The first-order valence-corrected chi connectivity index (χ1v) is 6.69. The Balaban J connectivity index is 1.52. The number of amides is 1. The zero-order valence-corrected chi connectivity index (χ0v) is 10.7. The second-order valence-electron chi connectivity index (χ2n) is 5.25. The van der Waals surface area contributed by atoms with Crippen LogP contribution in [-0.4, -0.2) is 48.6 Å². The van der Waals surface area contributed by atoms with Gasteiger partial charge >= 0.3 is 0 Å². The topological polar surface area (TPSA) is 61.8 Å². The van der Waals surface area contributed by atoms with E-state index < -0.39 is 0 Å². The van der Waals surface area contributed by atoms with E-state index in [1.807, 2.05) is 11.0 Å². The maximum absolute atomic E-state index is 11.8. The Morgan fingerprint density at radius 2 is 2.21 bits per heavy atom. The average molecular weight is 259 g/mol. The first-order valence-electron chi connectivity index (χ1n) is 6.69. The molecule has 0 bridgehead atoms. The van der Waals surface area contributed by atoms with Crippen LogP contribution in [0.1, 0.15) is 12.8 Å². The van der Waals surface area contributed by atoms with Gasteiger partial charge in [-0.2, -0.15) is 0 Å². The van der Waals surface area contributed by atoms with E-state index in [0.29, 0.717) is 23.9 Å². The minimum absolute atomic E-state index is 0.253. The molecule has 2 fully saturated rings. The lowest BCUT2D eigenvalue weighted by molar-refractivity contribution is -0.137. The van der Waals surface area contributed by atoms with Crippen molar-refractivity contribution in [2.75, 3.05) is 19.6 Å². The summed E-state index contributed by atoms with van der Waals surface area (Å²) in [5, 5.41) is 3.28. The predicted molar refractivity (Wildman–Crippen MR) is 71.8 cm³/mol. The molecule has 2 aliphatic heterocycles. The Morgan fingerprint density at radius 1 is 1.42 bits per heavy atom. The summed E-state index contributed by atoms with van der Waals surface area (Å²) >= 11 is 0. The van der Waals surface area contributed by atoms with Crippen molar-refractivity contribution in [2.45, 2.75) is 18.9 Å². The van der Waals surface area contributed by atoms with Crippen LogP contribution in [0.15, 0.2) is 28.8 Å². The summed E-state index contributed by atoms with van der Waals surface area (Å²) in [5.74, 6) is 1.32. The molecule has 0 aromatic carbocycles. The number of nitrogens with one attached hydrogen (secondary N) is 1. The molecule has 1 saturated carbocycles. The minimum Gasteiger partial charge on any atom is -0.364 e. The molecule has 19 heavy (non-hydrogen) atoms. The van der Waals surface area contributed by atoms with E-state index in [-0.39, 0.29) is 6.04 Å². The van der Waals surface area contributed by atoms with Gasteiger partial charge in [-0.05, 0) is 18.9 Å². The number of likely N-dealkylation sites (tertiary alicyclic amines) is 1. The minimum atomic E-state index is 0.253. The summed E-state index contributed by atoms with van der Waals surface area (Å²) in [4.78, 5) is 28.8. The molecule has 2 heterocycles. The number of aldehydes is 1. The third kappa shape index (κ3) is 2.75. The molecule has 3 aliphatic rings. The molecule has 0 aromatic rings. The van der Waals surface area contributed by atoms with Crippen LogP contribution in [0, 0.1) is 5.92 Å². The lowest BCUT2D eigenvalue weighted by Gasteiger charge is -2.40. The molecule has 0 unspecified atom stereocenters. The van der Waals surface area contributed by atoms with Crippen LogP contribution >= 0.6 is 0 Å². The third-order valence-electron chi connectivity index (χ3n) is 3.59. The van der Waals surface area contributed by atoms with Gasteiger partial charge in [-0.15, -0.1) is 0 Å². The molecule has 100 valence electrons. The first kappa shape index (κ1) is 12.1. The Hall–Kier alpha value is -1.91. The van der Waals surface area contributed by atoms with Crippen LogP contribution in [0.4, 0.5) is 0 Å². The van der Waals surface area contributed by atoms with E-state index in [0.717, 1.165) is 38.1 Å². The number of carbonyl (C=O) groups excluding carboxylic acids is 2. The summed E-state index contributed by atoms with van der Waals surface area (Å²) in [6.45, 7) is 2.06. The van der Waals surface area contributed by atoms with E-state index in [1.165, 1.54) is 0 Å².